The van der Waals surface area contributed by atoms with Crippen molar-refractivity contribution in [1.29, 1.82) is 0 Å². The number of rotatable bonds is 6. The summed E-state index contributed by atoms with van der Waals surface area (Å²) in [5.41, 5.74) is 0. The monoisotopic (exact) mass is 162 g/mol. The van der Waals surface area contributed by atoms with Gasteiger partial charge in [-0.05, 0) is 6.92 Å². The zero-order valence-electron chi connectivity index (χ0n) is 6.30. The lowest BCUT2D eigenvalue weighted by atomic mass is 10.6. The molecule has 60 valence electrons. The van der Waals surface area contributed by atoms with E-state index in [4.69, 9.17) is 9.47 Å². The SMILES string of the molecule is C=C(C)OCCOCCS. The summed E-state index contributed by atoms with van der Waals surface area (Å²) in [6.45, 7) is 7.29. The summed E-state index contributed by atoms with van der Waals surface area (Å²) in [7, 11) is 0. The minimum atomic E-state index is 0.586. The summed E-state index contributed by atoms with van der Waals surface area (Å²) < 4.78 is 10.1. The molecule has 0 atom stereocenters. The normalized spacial score (nSPS) is 9.40. The van der Waals surface area contributed by atoms with Crippen LogP contribution in [0.3, 0.4) is 0 Å². The van der Waals surface area contributed by atoms with Crippen LogP contribution < -0.4 is 0 Å². The van der Waals surface area contributed by atoms with Crippen molar-refractivity contribution in [2.45, 2.75) is 6.92 Å². The molecule has 2 nitrogen and oxygen atoms in total. The molecule has 0 saturated carbocycles. The number of ether oxygens (including phenoxy) is 2. The van der Waals surface area contributed by atoms with E-state index in [1.54, 1.807) is 0 Å². The van der Waals surface area contributed by atoms with Crippen molar-refractivity contribution in [2.24, 2.45) is 0 Å². The molecule has 0 radical (unpaired) electrons. The van der Waals surface area contributed by atoms with Crippen molar-refractivity contribution in [1.82, 2.24) is 0 Å². The van der Waals surface area contributed by atoms with E-state index in [0.29, 0.717) is 19.8 Å². The fourth-order valence-corrected chi connectivity index (χ4v) is 0.571. The summed E-state index contributed by atoms with van der Waals surface area (Å²) in [4.78, 5) is 0. The fraction of sp³-hybridized carbons (Fsp3) is 0.714. The summed E-state index contributed by atoms with van der Waals surface area (Å²) in [6.07, 6.45) is 0. The summed E-state index contributed by atoms with van der Waals surface area (Å²) >= 11 is 3.98. The lowest BCUT2D eigenvalue weighted by Gasteiger charge is -2.04. The van der Waals surface area contributed by atoms with E-state index < -0.39 is 0 Å². The second-order valence-corrected chi connectivity index (χ2v) is 2.33. The first kappa shape index (κ1) is 9.85. The van der Waals surface area contributed by atoms with Gasteiger partial charge in [0.25, 0.3) is 0 Å². The van der Waals surface area contributed by atoms with Gasteiger partial charge in [0, 0.05) is 5.75 Å². The molecule has 0 fully saturated rings. The van der Waals surface area contributed by atoms with Crippen LogP contribution in [0.1, 0.15) is 6.92 Å². The molecule has 10 heavy (non-hydrogen) atoms. The van der Waals surface area contributed by atoms with Gasteiger partial charge in [-0.15, -0.1) is 0 Å². The highest BCUT2D eigenvalue weighted by atomic mass is 32.1. The first-order valence-corrected chi connectivity index (χ1v) is 3.87. The Morgan fingerprint density at radius 2 is 2.10 bits per heavy atom. The largest absolute Gasteiger partial charge is 0.496 e. The molecule has 0 amide bonds. The average molecular weight is 162 g/mol. The predicted molar refractivity (Wildman–Crippen MR) is 45.4 cm³/mol. The average Bonchev–Trinajstić information content (AvgIpc) is 1.87. The summed E-state index contributed by atoms with van der Waals surface area (Å²) in [6, 6.07) is 0. The third-order valence-corrected chi connectivity index (χ3v) is 0.994. The van der Waals surface area contributed by atoms with Crippen LogP contribution in [0.2, 0.25) is 0 Å². The Kier molecular flexibility index (Phi) is 6.86. The minimum absolute atomic E-state index is 0.586. The first-order valence-electron chi connectivity index (χ1n) is 3.24. The minimum Gasteiger partial charge on any atom is -0.496 e. The third-order valence-electron chi connectivity index (χ3n) is 0.812. The maximum absolute atomic E-state index is 5.09. The van der Waals surface area contributed by atoms with Crippen LogP contribution >= 0.6 is 12.6 Å². The van der Waals surface area contributed by atoms with Gasteiger partial charge in [-0.3, -0.25) is 0 Å². The van der Waals surface area contributed by atoms with Gasteiger partial charge in [0.15, 0.2) is 0 Å². The van der Waals surface area contributed by atoms with Crippen LogP contribution in [0, 0.1) is 0 Å². The fourth-order valence-electron chi connectivity index (χ4n) is 0.441. The van der Waals surface area contributed by atoms with Gasteiger partial charge in [-0.2, -0.15) is 12.6 Å². The molecule has 0 aliphatic rings. The zero-order valence-corrected chi connectivity index (χ0v) is 7.19. The van der Waals surface area contributed by atoms with Crippen molar-refractivity contribution in [2.75, 3.05) is 25.6 Å². The molecular weight excluding hydrogens is 148 g/mol. The molecule has 0 unspecified atom stereocenters. The lowest BCUT2D eigenvalue weighted by molar-refractivity contribution is 0.0856. The van der Waals surface area contributed by atoms with E-state index in [1.807, 2.05) is 6.92 Å². The molecule has 0 spiro atoms. The second kappa shape index (κ2) is 6.96. The number of allylic oxidation sites excluding steroid dienone is 1. The highest BCUT2D eigenvalue weighted by Crippen LogP contribution is 1.89. The Morgan fingerprint density at radius 1 is 1.40 bits per heavy atom. The molecule has 3 heteroatoms. The third kappa shape index (κ3) is 7.85. The van der Waals surface area contributed by atoms with E-state index >= 15 is 0 Å². The maximum Gasteiger partial charge on any atom is 0.111 e. The van der Waals surface area contributed by atoms with E-state index in [9.17, 15) is 0 Å². The Morgan fingerprint density at radius 3 is 2.60 bits per heavy atom. The molecule has 0 rings (SSSR count). The van der Waals surface area contributed by atoms with E-state index in [-0.39, 0.29) is 0 Å². The molecule has 0 aromatic heterocycles. The van der Waals surface area contributed by atoms with Crippen molar-refractivity contribution in [3.8, 4) is 0 Å². The van der Waals surface area contributed by atoms with Crippen molar-refractivity contribution in [3.63, 3.8) is 0 Å². The van der Waals surface area contributed by atoms with Gasteiger partial charge in [-0.25, -0.2) is 0 Å². The molecule has 0 saturated heterocycles. The zero-order chi connectivity index (χ0) is 7.82. The Hall–Kier alpha value is -0.150. The van der Waals surface area contributed by atoms with Crippen molar-refractivity contribution < 1.29 is 9.47 Å². The molecule has 0 aliphatic carbocycles. The van der Waals surface area contributed by atoms with Gasteiger partial charge < -0.3 is 9.47 Å². The van der Waals surface area contributed by atoms with Gasteiger partial charge in [0.05, 0.1) is 19.0 Å². The predicted octanol–water partition coefficient (Wildman–Crippen LogP) is 1.48. The van der Waals surface area contributed by atoms with Crippen LogP contribution in [0.5, 0.6) is 0 Å². The summed E-state index contributed by atoms with van der Waals surface area (Å²) in [5.74, 6) is 1.49. The molecule has 0 heterocycles. The first-order chi connectivity index (χ1) is 4.77. The van der Waals surface area contributed by atoms with E-state index in [0.717, 1.165) is 11.5 Å². The van der Waals surface area contributed by atoms with Crippen LogP contribution in [0.4, 0.5) is 0 Å². The molecule has 0 N–H and O–H groups in total. The molecule has 0 aromatic carbocycles. The number of hydrogen-bond acceptors (Lipinski definition) is 3. The quantitative estimate of drug-likeness (QED) is 0.362. The highest BCUT2D eigenvalue weighted by Gasteiger charge is 1.86. The van der Waals surface area contributed by atoms with Crippen LogP contribution in [-0.4, -0.2) is 25.6 Å². The number of hydrogen-bond donors (Lipinski definition) is 1. The van der Waals surface area contributed by atoms with Crippen molar-refractivity contribution >= 4 is 12.6 Å². The molecular formula is C7H14O2S. The van der Waals surface area contributed by atoms with Crippen LogP contribution in [0.15, 0.2) is 12.3 Å². The second-order valence-electron chi connectivity index (χ2n) is 1.89. The van der Waals surface area contributed by atoms with Gasteiger partial charge in [0.2, 0.25) is 0 Å². The maximum atomic E-state index is 5.09. The Bertz CT molecular complexity index is 93.6. The Labute approximate surface area is 67.6 Å². The molecule has 0 bridgehead atoms. The van der Waals surface area contributed by atoms with Crippen LogP contribution in [-0.2, 0) is 9.47 Å². The Balaban J connectivity index is 2.84. The van der Waals surface area contributed by atoms with Gasteiger partial charge >= 0.3 is 0 Å². The van der Waals surface area contributed by atoms with Gasteiger partial charge in [-0.1, -0.05) is 6.58 Å². The van der Waals surface area contributed by atoms with E-state index in [2.05, 4.69) is 19.2 Å². The molecule has 0 aliphatic heterocycles. The highest BCUT2D eigenvalue weighted by molar-refractivity contribution is 7.80. The summed E-state index contributed by atoms with van der Waals surface area (Å²) in [5, 5.41) is 0. The molecule has 0 aromatic rings. The lowest BCUT2D eigenvalue weighted by Crippen LogP contribution is -2.04. The van der Waals surface area contributed by atoms with Crippen LogP contribution in [0.25, 0.3) is 0 Å². The van der Waals surface area contributed by atoms with Crippen molar-refractivity contribution in [3.05, 3.63) is 12.3 Å². The standard InChI is InChI=1S/C7H14O2S/c1-7(2)9-4-3-8-5-6-10/h10H,1,3-6H2,2H3. The topological polar surface area (TPSA) is 18.5 Å². The number of thiol groups is 1. The van der Waals surface area contributed by atoms with Gasteiger partial charge in [0.1, 0.15) is 6.61 Å². The smallest absolute Gasteiger partial charge is 0.111 e. The van der Waals surface area contributed by atoms with E-state index in [1.165, 1.54) is 0 Å².